The monoisotopic (exact) mass is 258 g/mol. The van der Waals surface area contributed by atoms with Crippen molar-refractivity contribution >= 4 is 17.6 Å². The molecule has 0 saturated heterocycles. The van der Waals surface area contributed by atoms with Crippen LogP contribution < -0.4 is 15.8 Å². The Labute approximate surface area is 105 Å². The average molecular weight is 259 g/mol. The Morgan fingerprint density at radius 2 is 2.35 bits per heavy atom. The van der Waals surface area contributed by atoms with E-state index in [9.17, 15) is 4.79 Å². The number of aliphatic carboxylic acids is 1. The number of nitrogens with two attached hydrogens (primary N) is 1. The third-order valence-corrected chi connectivity index (χ3v) is 2.63. The van der Waals surface area contributed by atoms with E-state index in [0.717, 1.165) is 5.56 Å². The van der Waals surface area contributed by atoms with Gasteiger partial charge in [-0.1, -0.05) is 17.7 Å². The molecule has 0 bridgehead atoms. The first-order valence-corrected chi connectivity index (χ1v) is 5.44. The number of halogens is 1. The smallest absolute Gasteiger partial charge is 0.321 e. The third kappa shape index (κ3) is 3.89. The Morgan fingerprint density at radius 3 is 2.94 bits per heavy atom. The van der Waals surface area contributed by atoms with Crippen molar-refractivity contribution in [3.05, 3.63) is 28.8 Å². The molecule has 1 atom stereocenters. The van der Waals surface area contributed by atoms with Gasteiger partial charge < -0.3 is 20.9 Å². The van der Waals surface area contributed by atoms with E-state index in [2.05, 4.69) is 5.32 Å². The zero-order valence-corrected chi connectivity index (χ0v) is 10.2. The van der Waals surface area contributed by atoms with Crippen LogP contribution in [-0.2, 0) is 11.3 Å². The van der Waals surface area contributed by atoms with E-state index < -0.39 is 12.0 Å². The molecule has 0 aromatic heterocycles. The van der Waals surface area contributed by atoms with Gasteiger partial charge in [0.1, 0.15) is 11.8 Å². The van der Waals surface area contributed by atoms with Gasteiger partial charge in [0.05, 0.1) is 7.11 Å². The Balaban J connectivity index is 2.60. The van der Waals surface area contributed by atoms with Crippen LogP contribution in [0, 0.1) is 0 Å². The van der Waals surface area contributed by atoms with Crippen LogP contribution >= 0.6 is 11.6 Å². The minimum Gasteiger partial charge on any atom is -0.496 e. The van der Waals surface area contributed by atoms with Crippen molar-refractivity contribution in [2.75, 3.05) is 13.7 Å². The van der Waals surface area contributed by atoms with Crippen molar-refractivity contribution in [1.82, 2.24) is 5.32 Å². The molecule has 0 aliphatic rings. The summed E-state index contributed by atoms with van der Waals surface area (Å²) in [6.45, 7) is 0.577. The topological polar surface area (TPSA) is 84.6 Å². The fraction of sp³-hybridized carbons (Fsp3) is 0.364. The van der Waals surface area contributed by atoms with Crippen LogP contribution in [0.2, 0.25) is 5.02 Å². The van der Waals surface area contributed by atoms with Crippen molar-refractivity contribution in [3.63, 3.8) is 0 Å². The Hall–Kier alpha value is -1.30. The number of hydrogen-bond acceptors (Lipinski definition) is 4. The minimum atomic E-state index is -1.04. The Kier molecular flexibility index (Phi) is 5.21. The lowest BCUT2D eigenvalue weighted by Crippen LogP contribution is -2.40. The number of carboxylic acid groups (broad SMARTS) is 1. The molecule has 1 aromatic rings. The highest BCUT2D eigenvalue weighted by Gasteiger charge is 2.12. The van der Waals surface area contributed by atoms with E-state index in [0.29, 0.717) is 17.3 Å². The van der Waals surface area contributed by atoms with Crippen molar-refractivity contribution in [2.24, 2.45) is 5.73 Å². The fourth-order valence-electron chi connectivity index (χ4n) is 1.34. The molecule has 1 rings (SSSR count). The van der Waals surface area contributed by atoms with Gasteiger partial charge in [-0.05, 0) is 12.1 Å². The minimum absolute atomic E-state index is 0.170. The predicted molar refractivity (Wildman–Crippen MR) is 65.3 cm³/mol. The predicted octanol–water partition coefficient (Wildman–Crippen LogP) is 0.850. The Morgan fingerprint density at radius 1 is 1.65 bits per heavy atom. The molecule has 0 heterocycles. The van der Waals surface area contributed by atoms with Gasteiger partial charge in [0.2, 0.25) is 0 Å². The van der Waals surface area contributed by atoms with Crippen LogP contribution in [0.3, 0.4) is 0 Å². The number of carboxylic acids is 1. The largest absolute Gasteiger partial charge is 0.496 e. The first-order chi connectivity index (χ1) is 8.06. The maximum atomic E-state index is 10.5. The highest BCUT2D eigenvalue weighted by molar-refractivity contribution is 6.31. The third-order valence-electron chi connectivity index (χ3n) is 2.28. The molecule has 0 aliphatic heterocycles. The molecule has 0 saturated carbocycles. The molecule has 1 aromatic carbocycles. The number of benzene rings is 1. The van der Waals surface area contributed by atoms with E-state index in [-0.39, 0.29) is 6.54 Å². The second-order valence-electron chi connectivity index (χ2n) is 3.50. The van der Waals surface area contributed by atoms with Crippen LogP contribution in [0.4, 0.5) is 0 Å². The van der Waals surface area contributed by atoms with Crippen LogP contribution in [0.25, 0.3) is 0 Å². The molecule has 6 heteroatoms. The second kappa shape index (κ2) is 6.44. The molecular weight excluding hydrogens is 244 g/mol. The lowest BCUT2D eigenvalue weighted by molar-refractivity contribution is -0.138. The zero-order valence-electron chi connectivity index (χ0n) is 9.44. The molecule has 1 unspecified atom stereocenters. The highest BCUT2D eigenvalue weighted by Crippen LogP contribution is 2.25. The van der Waals surface area contributed by atoms with Gasteiger partial charge in [0.15, 0.2) is 0 Å². The van der Waals surface area contributed by atoms with Crippen LogP contribution in [-0.4, -0.2) is 30.8 Å². The van der Waals surface area contributed by atoms with E-state index in [1.165, 1.54) is 0 Å². The summed E-state index contributed by atoms with van der Waals surface area (Å²) in [6.07, 6.45) is 0. The maximum Gasteiger partial charge on any atom is 0.321 e. The van der Waals surface area contributed by atoms with Gasteiger partial charge in [-0.15, -0.1) is 0 Å². The molecule has 0 spiro atoms. The standard InChI is InChI=1S/C11H15ClN2O3/c1-17-10-4-2-3-8(12)7(10)5-14-6-9(13)11(15)16/h2-4,9,14H,5-6,13H2,1H3,(H,15,16). The van der Waals surface area contributed by atoms with Crippen molar-refractivity contribution in [3.8, 4) is 5.75 Å². The first-order valence-electron chi connectivity index (χ1n) is 5.06. The molecule has 5 nitrogen and oxygen atoms in total. The van der Waals surface area contributed by atoms with Gasteiger partial charge in [-0.25, -0.2) is 0 Å². The van der Waals surface area contributed by atoms with Gasteiger partial charge >= 0.3 is 5.97 Å². The Bertz CT molecular complexity index is 398. The SMILES string of the molecule is COc1cccc(Cl)c1CNCC(N)C(=O)O. The normalized spacial score (nSPS) is 12.2. The lowest BCUT2D eigenvalue weighted by atomic mass is 10.2. The lowest BCUT2D eigenvalue weighted by Gasteiger charge is -2.12. The molecule has 4 N–H and O–H groups in total. The highest BCUT2D eigenvalue weighted by atomic mass is 35.5. The maximum absolute atomic E-state index is 10.5. The van der Waals surface area contributed by atoms with Gasteiger partial charge in [-0.3, -0.25) is 4.79 Å². The van der Waals surface area contributed by atoms with Crippen molar-refractivity contribution < 1.29 is 14.6 Å². The van der Waals surface area contributed by atoms with Gasteiger partial charge in [-0.2, -0.15) is 0 Å². The van der Waals surface area contributed by atoms with E-state index in [1.54, 1.807) is 25.3 Å². The van der Waals surface area contributed by atoms with Gasteiger partial charge in [0, 0.05) is 23.7 Å². The van der Waals surface area contributed by atoms with Gasteiger partial charge in [0.25, 0.3) is 0 Å². The van der Waals surface area contributed by atoms with Crippen LogP contribution in [0.15, 0.2) is 18.2 Å². The van der Waals surface area contributed by atoms with E-state index >= 15 is 0 Å². The zero-order chi connectivity index (χ0) is 12.8. The summed E-state index contributed by atoms with van der Waals surface area (Å²) in [5.74, 6) is -0.377. The summed E-state index contributed by atoms with van der Waals surface area (Å²) in [5, 5.41) is 12.1. The van der Waals surface area contributed by atoms with E-state index in [1.807, 2.05) is 0 Å². The summed E-state index contributed by atoms with van der Waals surface area (Å²) >= 11 is 6.02. The second-order valence-corrected chi connectivity index (χ2v) is 3.90. The van der Waals surface area contributed by atoms with Crippen LogP contribution in [0.5, 0.6) is 5.75 Å². The van der Waals surface area contributed by atoms with E-state index in [4.69, 9.17) is 27.2 Å². The molecule has 0 aliphatic carbocycles. The number of carbonyl (C=O) groups is 1. The number of ether oxygens (including phenoxy) is 1. The van der Waals surface area contributed by atoms with Crippen molar-refractivity contribution in [1.29, 1.82) is 0 Å². The molecule has 17 heavy (non-hydrogen) atoms. The summed E-state index contributed by atoms with van der Waals surface area (Å²) < 4.78 is 5.16. The first kappa shape index (κ1) is 13.8. The number of methoxy groups -OCH3 is 1. The average Bonchev–Trinajstić information content (AvgIpc) is 2.30. The number of hydrogen-bond donors (Lipinski definition) is 3. The summed E-state index contributed by atoms with van der Waals surface area (Å²) in [4.78, 5) is 10.5. The molecule has 94 valence electrons. The fourth-order valence-corrected chi connectivity index (χ4v) is 1.57. The molecular formula is C11H15ClN2O3. The summed E-state index contributed by atoms with van der Waals surface area (Å²) in [6, 6.07) is 4.40. The molecule has 0 fully saturated rings. The number of nitrogens with one attached hydrogen (secondary N) is 1. The molecule has 0 amide bonds. The summed E-state index contributed by atoms with van der Waals surface area (Å²) in [7, 11) is 1.55. The number of rotatable bonds is 6. The summed E-state index contributed by atoms with van der Waals surface area (Å²) in [5.41, 5.74) is 6.15. The van der Waals surface area contributed by atoms with Crippen molar-refractivity contribution in [2.45, 2.75) is 12.6 Å². The quantitative estimate of drug-likeness (QED) is 0.704. The molecule has 0 radical (unpaired) electrons. The van der Waals surface area contributed by atoms with Crippen LogP contribution in [0.1, 0.15) is 5.56 Å².